The molecule has 22 heavy (non-hydrogen) atoms. The van der Waals surface area contributed by atoms with Crippen LogP contribution in [0, 0.1) is 0 Å². The third kappa shape index (κ3) is 18.3. The summed E-state index contributed by atoms with van der Waals surface area (Å²) in [5.74, 6) is -0.491. The van der Waals surface area contributed by atoms with Crippen molar-refractivity contribution in [2.45, 2.75) is 0 Å². The molecule has 7 heteroatoms. The van der Waals surface area contributed by atoms with Gasteiger partial charge in [-0.25, -0.2) is 4.79 Å². The van der Waals surface area contributed by atoms with E-state index in [0.717, 1.165) is 6.08 Å². The Morgan fingerprint density at radius 2 is 1.41 bits per heavy atom. The second-order valence-electron chi connectivity index (χ2n) is 4.03. The molecule has 1 amide bonds. The van der Waals surface area contributed by atoms with Crippen LogP contribution in [-0.2, 0) is 28.5 Å². The molecule has 0 N–H and O–H groups in total. The summed E-state index contributed by atoms with van der Waals surface area (Å²) in [6.45, 7) is 9.30. The van der Waals surface area contributed by atoms with Crippen molar-refractivity contribution in [3.63, 3.8) is 0 Å². The third-order valence-electron chi connectivity index (χ3n) is 2.06. The van der Waals surface area contributed by atoms with Crippen molar-refractivity contribution >= 4 is 11.9 Å². The van der Waals surface area contributed by atoms with Crippen LogP contribution in [-0.4, -0.2) is 77.6 Å². The van der Waals surface area contributed by atoms with Gasteiger partial charge in [0.05, 0.1) is 33.0 Å². The highest BCUT2D eigenvalue weighted by Gasteiger charge is 1.95. The zero-order chi connectivity index (χ0) is 17.2. The Kier molecular flexibility index (Phi) is 17.8. The van der Waals surface area contributed by atoms with Gasteiger partial charge in [-0.3, -0.25) is 4.79 Å². The van der Waals surface area contributed by atoms with Crippen LogP contribution < -0.4 is 0 Å². The molecule has 0 aromatic heterocycles. The van der Waals surface area contributed by atoms with Gasteiger partial charge < -0.3 is 23.8 Å². The summed E-state index contributed by atoms with van der Waals surface area (Å²) in [6.07, 6.45) is 2.40. The van der Waals surface area contributed by atoms with Gasteiger partial charge in [0, 0.05) is 27.3 Å². The van der Waals surface area contributed by atoms with Crippen LogP contribution >= 0.6 is 0 Å². The summed E-state index contributed by atoms with van der Waals surface area (Å²) in [4.78, 5) is 22.4. The van der Waals surface area contributed by atoms with Gasteiger partial charge in [-0.15, -0.1) is 0 Å². The number of methoxy groups -OCH3 is 1. The first kappa shape index (κ1) is 22.6. The van der Waals surface area contributed by atoms with Gasteiger partial charge in [0.25, 0.3) is 0 Å². The van der Waals surface area contributed by atoms with Gasteiger partial charge in [0.15, 0.2) is 0 Å². The zero-order valence-electron chi connectivity index (χ0n) is 13.7. The monoisotopic (exact) mass is 317 g/mol. The molecule has 0 aromatic carbocycles. The topological polar surface area (TPSA) is 74.3 Å². The molecule has 0 aliphatic rings. The molecule has 0 spiro atoms. The maximum atomic E-state index is 10.6. The average molecular weight is 317 g/mol. The van der Waals surface area contributed by atoms with Crippen molar-refractivity contribution < 1.29 is 28.5 Å². The predicted molar refractivity (Wildman–Crippen MR) is 83.6 cm³/mol. The number of carbonyl (C=O) groups is 2. The minimum absolute atomic E-state index is 0.0556. The zero-order valence-corrected chi connectivity index (χ0v) is 13.7. The maximum absolute atomic E-state index is 10.6. The Labute approximate surface area is 132 Å². The van der Waals surface area contributed by atoms with Gasteiger partial charge in [-0.05, 0) is 6.08 Å². The highest BCUT2D eigenvalue weighted by molar-refractivity contribution is 5.86. The van der Waals surface area contributed by atoms with Gasteiger partial charge in [0.1, 0.15) is 6.61 Å². The number of carbonyl (C=O) groups excluding carboxylic acids is 2. The Morgan fingerprint density at radius 1 is 0.909 bits per heavy atom. The van der Waals surface area contributed by atoms with Gasteiger partial charge >= 0.3 is 5.97 Å². The van der Waals surface area contributed by atoms with Crippen LogP contribution in [0.2, 0.25) is 0 Å². The van der Waals surface area contributed by atoms with Crippen molar-refractivity contribution in [2.24, 2.45) is 0 Å². The van der Waals surface area contributed by atoms with E-state index in [4.69, 9.17) is 18.9 Å². The van der Waals surface area contributed by atoms with E-state index in [0.29, 0.717) is 33.0 Å². The average Bonchev–Trinajstić information content (AvgIpc) is 2.52. The van der Waals surface area contributed by atoms with Crippen LogP contribution in [0.4, 0.5) is 0 Å². The number of amides is 1. The lowest BCUT2D eigenvalue weighted by molar-refractivity contribution is -0.139. The number of nitrogens with zero attached hydrogens (tertiary/aromatic N) is 1. The van der Waals surface area contributed by atoms with Crippen LogP contribution in [0.25, 0.3) is 0 Å². The standard InChI is InChI=1S/C10H18O5.C5H9NO/c1-3-10(11)15-9-8-14-7-6-13-5-4-12-2;1-4-5(7)6(2)3/h3H,1,4-9H2,2H3;4H,1H2,2-3H3. The second kappa shape index (κ2) is 17.4. The lowest BCUT2D eigenvalue weighted by atomic mass is 10.5. The number of ether oxygens (including phenoxy) is 4. The summed E-state index contributed by atoms with van der Waals surface area (Å²) < 4.78 is 19.8. The summed E-state index contributed by atoms with van der Waals surface area (Å²) in [5, 5.41) is 0. The lowest BCUT2D eigenvalue weighted by Gasteiger charge is -2.05. The van der Waals surface area contributed by atoms with Crippen LogP contribution in [0.1, 0.15) is 0 Å². The van der Waals surface area contributed by atoms with E-state index in [-0.39, 0.29) is 12.5 Å². The fraction of sp³-hybridized carbons (Fsp3) is 0.600. The van der Waals surface area contributed by atoms with E-state index < -0.39 is 5.97 Å². The van der Waals surface area contributed by atoms with Crippen LogP contribution in [0.15, 0.2) is 25.3 Å². The molecule has 0 saturated carbocycles. The van der Waals surface area contributed by atoms with E-state index in [2.05, 4.69) is 13.2 Å². The number of rotatable bonds is 11. The first-order valence-corrected chi connectivity index (χ1v) is 6.76. The first-order chi connectivity index (χ1) is 10.5. The molecule has 0 rings (SSSR count). The number of hydrogen-bond donors (Lipinski definition) is 0. The van der Waals surface area contributed by atoms with Crippen molar-refractivity contribution in [3.05, 3.63) is 25.3 Å². The highest BCUT2D eigenvalue weighted by Crippen LogP contribution is 1.83. The number of hydrogen-bond acceptors (Lipinski definition) is 6. The molecule has 0 aliphatic heterocycles. The summed E-state index contributed by atoms with van der Waals surface area (Å²) in [7, 11) is 4.99. The smallest absolute Gasteiger partial charge is 0.330 e. The quantitative estimate of drug-likeness (QED) is 0.316. The highest BCUT2D eigenvalue weighted by atomic mass is 16.6. The van der Waals surface area contributed by atoms with Crippen LogP contribution in [0.3, 0.4) is 0 Å². The second-order valence-corrected chi connectivity index (χ2v) is 4.03. The van der Waals surface area contributed by atoms with Crippen LogP contribution in [0.5, 0.6) is 0 Å². The molecule has 0 saturated heterocycles. The molecule has 0 aromatic rings. The molecule has 0 radical (unpaired) electrons. The van der Waals surface area contributed by atoms with E-state index in [1.54, 1.807) is 21.2 Å². The molecule has 128 valence electrons. The van der Waals surface area contributed by atoms with Crippen molar-refractivity contribution in [3.8, 4) is 0 Å². The Bertz CT molecular complexity index is 317. The third-order valence-corrected chi connectivity index (χ3v) is 2.06. The number of esters is 1. The van der Waals surface area contributed by atoms with Gasteiger partial charge in [0.2, 0.25) is 5.91 Å². The fourth-order valence-corrected chi connectivity index (χ4v) is 0.907. The molecule has 0 fully saturated rings. The normalized spacial score (nSPS) is 9.23. The molecule has 0 unspecified atom stereocenters. The lowest BCUT2D eigenvalue weighted by Crippen LogP contribution is -2.18. The molecular weight excluding hydrogens is 290 g/mol. The van der Waals surface area contributed by atoms with Crippen molar-refractivity contribution in [2.75, 3.05) is 60.8 Å². The SMILES string of the molecule is C=CC(=O)N(C)C.C=CC(=O)OCCOCCOCCOC. The van der Waals surface area contributed by atoms with Gasteiger partial charge in [-0.2, -0.15) is 0 Å². The fourth-order valence-electron chi connectivity index (χ4n) is 0.907. The molecule has 0 bridgehead atoms. The molecule has 0 heterocycles. The summed E-state index contributed by atoms with van der Waals surface area (Å²) in [5.41, 5.74) is 0. The van der Waals surface area contributed by atoms with Crippen molar-refractivity contribution in [1.29, 1.82) is 0 Å². The van der Waals surface area contributed by atoms with E-state index in [1.165, 1.54) is 11.0 Å². The molecule has 0 aliphatic carbocycles. The Morgan fingerprint density at radius 3 is 1.77 bits per heavy atom. The number of likely N-dealkylation sites (N-methyl/N-ethyl adjacent to an activating group) is 1. The van der Waals surface area contributed by atoms with E-state index in [9.17, 15) is 9.59 Å². The Balaban J connectivity index is 0. The van der Waals surface area contributed by atoms with E-state index >= 15 is 0 Å². The minimum atomic E-state index is -0.435. The molecule has 0 atom stereocenters. The Hall–Kier alpha value is -1.70. The maximum Gasteiger partial charge on any atom is 0.330 e. The van der Waals surface area contributed by atoms with E-state index in [1.807, 2.05) is 0 Å². The van der Waals surface area contributed by atoms with Crippen molar-refractivity contribution in [1.82, 2.24) is 4.90 Å². The summed E-state index contributed by atoms with van der Waals surface area (Å²) >= 11 is 0. The first-order valence-electron chi connectivity index (χ1n) is 6.76. The summed E-state index contributed by atoms with van der Waals surface area (Å²) in [6, 6.07) is 0. The largest absolute Gasteiger partial charge is 0.460 e. The van der Waals surface area contributed by atoms with Gasteiger partial charge in [-0.1, -0.05) is 13.2 Å². The minimum Gasteiger partial charge on any atom is -0.460 e. The molecular formula is C15H27NO6. The molecule has 7 nitrogen and oxygen atoms in total. The predicted octanol–water partition coefficient (Wildman–Crippen LogP) is 0.656.